The molecule has 12 heteroatoms. The van der Waals surface area contributed by atoms with Gasteiger partial charge in [-0.15, -0.1) is 5.10 Å². The molecule has 170 valence electrons. The van der Waals surface area contributed by atoms with Crippen molar-refractivity contribution in [2.45, 2.75) is 37.8 Å². The van der Waals surface area contributed by atoms with E-state index in [1.54, 1.807) is 12.3 Å². The number of carbonyl (C=O) groups is 5. The first-order valence-corrected chi connectivity index (χ1v) is 10.5. The van der Waals surface area contributed by atoms with E-state index in [4.69, 9.17) is 4.74 Å². The average Bonchev–Trinajstić information content (AvgIpc) is 3.51. The van der Waals surface area contributed by atoms with Gasteiger partial charge in [0.1, 0.15) is 12.6 Å². The predicted molar refractivity (Wildman–Crippen MR) is 110 cm³/mol. The van der Waals surface area contributed by atoms with Crippen molar-refractivity contribution in [3.63, 3.8) is 0 Å². The lowest BCUT2D eigenvalue weighted by Crippen LogP contribution is -2.54. The minimum Gasteiger partial charge on any atom is -0.381 e. The summed E-state index contributed by atoms with van der Waals surface area (Å²) >= 11 is 0. The van der Waals surface area contributed by atoms with E-state index in [-0.39, 0.29) is 42.1 Å². The normalized spacial score (nSPS) is 22.5. The van der Waals surface area contributed by atoms with Crippen LogP contribution in [0.4, 0.5) is 5.69 Å². The summed E-state index contributed by atoms with van der Waals surface area (Å²) in [5.74, 6) is -2.77. The van der Waals surface area contributed by atoms with Crippen molar-refractivity contribution in [3.05, 3.63) is 41.2 Å². The van der Waals surface area contributed by atoms with Crippen molar-refractivity contribution < 1.29 is 28.7 Å². The number of benzene rings is 1. The lowest BCUT2D eigenvalue weighted by molar-refractivity contribution is -0.136. The third kappa shape index (κ3) is 3.78. The summed E-state index contributed by atoms with van der Waals surface area (Å²) in [4.78, 5) is 63.1. The maximum Gasteiger partial charge on any atom is 0.264 e. The maximum atomic E-state index is 13.1. The van der Waals surface area contributed by atoms with Crippen LogP contribution in [-0.4, -0.2) is 68.7 Å². The van der Waals surface area contributed by atoms with Crippen molar-refractivity contribution in [2.24, 2.45) is 0 Å². The number of anilines is 1. The van der Waals surface area contributed by atoms with Gasteiger partial charge in [0.2, 0.25) is 17.7 Å². The predicted octanol–water partition coefficient (Wildman–Crippen LogP) is -0.178. The number of piperidine rings is 1. The minimum absolute atomic E-state index is 0.0166. The minimum atomic E-state index is -1.08. The summed E-state index contributed by atoms with van der Waals surface area (Å²) in [7, 11) is 0. The van der Waals surface area contributed by atoms with Gasteiger partial charge in [0.05, 0.1) is 29.1 Å². The summed E-state index contributed by atoms with van der Waals surface area (Å²) in [6.45, 7) is 1.10. The van der Waals surface area contributed by atoms with E-state index < -0.39 is 35.6 Å². The third-order valence-electron chi connectivity index (χ3n) is 5.95. The van der Waals surface area contributed by atoms with Crippen LogP contribution in [0, 0.1) is 0 Å². The number of carbonyl (C=O) groups excluding carboxylic acids is 5. The standard InChI is InChI=1S/C21H20N6O6/c28-16-5-4-15(19(30)23-16)27-20(31)12-2-1-3-13(18(12)21(27)32)22-17(29)9-26-8-14(24-25-26)11-6-7-33-10-11/h1-3,8,11,15H,4-7,9-10H2,(H,22,29)(H,23,28,30). The molecule has 5 amide bonds. The molecule has 3 aliphatic rings. The van der Waals surface area contributed by atoms with Gasteiger partial charge in [0.15, 0.2) is 0 Å². The van der Waals surface area contributed by atoms with E-state index >= 15 is 0 Å². The zero-order valence-electron chi connectivity index (χ0n) is 17.4. The lowest BCUT2D eigenvalue weighted by Gasteiger charge is -2.27. The van der Waals surface area contributed by atoms with Gasteiger partial charge in [0, 0.05) is 25.1 Å². The Labute approximate surface area is 187 Å². The summed E-state index contributed by atoms with van der Waals surface area (Å²) in [5, 5.41) is 12.9. The van der Waals surface area contributed by atoms with Gasteiger partial charge in [-0.05, 0) is 25.0 Å². The van der Waals surface area contributed by atoms with Crippen LogP contribution in [0.2, 0.25) is 0 Å². The van der Waals surface area contributed by atoms with Crippen molar-refractivity contribution in [1.29, 1.82) is 0 Å². The van der Waals surface area contributed by atoms with Crippen LogP contribution >= 0.6 is 0 Å². The second-order valence-corrected chi connectivity index (χ2v) is 8.13. The molecule has 12 nitrogen and oxygen atoms in total. The monoisotopic (exact) mass is 452 g/mol. The fraction of sp³-hybridized carbons (Fsp3) is 0.381. The summed E-state index contributed by atoms with van der Waals surface area (Å²) in [6, 6.07) is 3.44. The number of hydrogen-bond donors (Lipinski definition) is 2. The van der Waals surface area contributed by atoms with Crippen LogP contribution < -0.4 is 10.6 Å². The molecular weight excluding hydrogens is 432 g/mol. The number of aromatic nitrogens is 3. The van der Waals surface area contributed by atoms with Gasteiger partial charge >= 0.3 is 0 Å². The number of imide groups is 2. The van der Waals surface area contributed by atoms with Crippen LogP contribution in [-0.2, 0) is 25.7 Å². The van der Waals surface area contributed by atoms with Gasteiger partial charge in [-0.2, -0.15) is 0 Å². The van der Waals surface area contributed by atoms with E-state index in [1.807, 2.05) is 0 Å². The van der Waals surface area contributed by atoms with Gasteiger partial charge in [-0.1, -0.05) is 11.3 Å². The van der Waals surface area contributed by atoms with Gasteiger partial charge in [-0.3, -0.25) is 34.2 Å². The smallest absolute Gasteiger partial charge is 0.264 e. The molecule has 5 rings (SSSR count). The largest absolute Gasteiger partial charge is 0.381 e. The van der Waals surface area contributed by atoms with Crippen LogP contribution in [0.5, 0.6) is 0 Å². The molecule has 2 unspecified atom stereocenters. The number of ether oxygens (including phenoxy) is 1. The first-order valence-electron chi connectivity index (χ1n) is 10.5. The quantitative estimate of drug-likeness (QED) is 0.593. The second-order valence-electron chi connectivity index (χ2n) is 8.13. The second kappa shape index (κ2) is 8.20. The highest BCUT2D eigenvalue weighted by Crippen LogP contribution is 2.32. The average molecular weight is 452 g/mol. The van der Waals surface area contributed by atoms with Crippen molar-refractivity contribution in [2.75, 3.05) is 18.5 Å². The van der Waals surface area contributed by atoms with Crippen LogP contribution in [0.25, 0.3) is 0 Å². The van der Waals surface area contributed by atoms with Crippen LogP contribution in [0.3, 0.4) is 0 Å². The molecular formula is C21H20N6O6. The summed E-state index contributed by atoms with van der Waals surface area (Å²) < 4.78 is 6.74. The zero-order chi connectivity index (χ0) is 23.1. The topological polar surface area (TPSA) is 153 Å². The molecule has 2 saturated heterocycles. The molecule has 2 N–H and O–H groups in total. The SMILES string of the molecule is O=C1CCC(N2C(=O)c3cccc(NC(=O)Cn4cc(C5CCOC5)nn4)c3C2=O)C(=O)N1. The van der Waals surface area contributed by atoms with Crippen molar-refractivity contribution in [3.8, 4) is 0 Å². The Morgan fingerprint density at radius 2 is 2.03 bits per heavy atom. The maximum absolute atomic E-state index is 13.1. The number of nitrogens with one attached hydrogen (secondary N) is 2. The molecule has 33 heavy (non-hydrogen) atoms. The first-order chi connectivity index (χ1) is 15.9. The number of hydrogen-bond acceptors (Lipinski definition) is 8. The molecule has 0 radical (unpaired) electrons. The van der Waals surface area contributed by atoms with Gasteiger partial charge < -0.3 is 10.1 Å². The molecule has 3 aliphatic heterocycles. The van der Waals surface area contributed by atoms with Crippen molar-refractivity contribution in [1.82, 2.24) is 25.2 Å². The Morgan fingerprint density at radius 3 is 2.79 bits per heavy atom. The first kappa shape index (κ1) is 20.9. The Balaban J connectivity index is 1.32. The molecule has 0 aliphatic carbocycles. The molecule has 0 spiro atoms. The highest BCUT2D eigenvalue weighted by Gasteiger charge is 2.45. The Hall–Kier alpha value is -3.93. The zero-order valence-corrected chi connectivity index (χ0v) is 17.4. The van der Waals surface area contributed by atoms with Gasteiger partial charge in [0.25, 0.3) is 11.8 Å². The number of fused-ring (bicyclic) bond motifs is 1. The Kier molecular flexibility index (Phi) is 5.21. The molecule has 4 heterocycles. The number of rotatable bonds is 5. The third-order valence-corrected chi connectivity index (χ3v) is 5.95. The van der Waals surface area contributed by atoms with Crippen molar-refractivity contribution >= 4 is 35.2 Å². The molecule has 0 saturated carbocycles. The van der Waals surface area contributed by atoms with Crippen LogP contribution in [0.15, 0.2) is 24.4 Å². The molecule has 0 bridgehead atoms. The summed E-state index contributed by atoms with van der Waals surface area (Å²) in [6.07, 6.45) is 2.62. The fourth-order valence-electron chi connectivity index (χ4n) is 4.30. The van der Waals surface area contributed by atoms with E-state index in [1.165, 1.54) is 16.8 Å². The van der Waals surface area contributed by atoms with E-state index in [9.17, 15) is 24.0 Å². The van der Waals surface area contributed by atoms with E-state index in [0.717, 1.165) is 17.0 Å². The molecule has 1 aromatic carbocycles. The molecule has 2 atom stereocenters. The number of nitrogens with zero attached hydrogens (tertiary/aromatic N) is 4. The Bertz CT molecular complexity index is 1180. The van der Waals surface area contributed by atoms with E-state index in [2.05, 4.69) is 20.9 Å². The van der Waals surface area contributed by atoms with Gasteiger partial charge in [-0.25, -0.2) is 4.68 Å². The van der Waals surface area contributed by atoms with Crippen LogP contribution in [0.1, 0.15) is 51.6 Å². The molecule has 2 fully saturated rings. The summed E-state index contributed by atoms with van der Waals surface area (Å²) in [5.41, 5.74) is 1.02. The highest BCUT2D eigenvalue weighted by atomic mass is 16.5. The molecule has 2 aromatic rings. The highest BCUT2D eigenvalue weighted by molar-refractivity contribution is 6.26. The van der Waals surface area contributed by atoms with E-state index in [0.29, 0.717) is 13.2 Å². The number of amides is 5. The lowest BCUT2D eigenvalue weighted by atomic mass is 10.0. The molecule has 1 aromatic heterocycles. The Morgan fingerprint density at radius 1 is 1.18 bits per heavy atom. The fourth-order valence-corrected chi connectivity index (χ4v) is 4.30.